The molecule has 0 heterocycles. The van der Waals surface area contributed by atoms with E-state index < -0.39 is 5.97 Å². The summed E-state index contributed by atoms with van der Waals surface area (Å²) in [6.45, 7) is 0.236. The van der Waals surface area contributed by atoms with Crippen LogP contribution < -0.4 is 0 Å². The smallest absolute Gasteiger partial charge is 0.303 e. The van der Waals surface area contributed by atoms with Gasteiger partial charge in [-0.25, -0.2) is 0 Å². The molecule has 0 unspecified atom stereocenters. The predicted molar refractivity (Wildman–Crippen MR) is 65.4 cm³/mol. The first-order chi connectivity index (χ1) is 7.77. The molecule has 0 atom stereocenters. The van der Waals surface area contributed by atoms with Crippen molar-refractivity contribution in [2.75, 3.05) is 6.61 Å². The summed E-state index contributed by atoms with van der Waals surface area (Å²) in [6, 6.07) is 0. The summed E-state index contributed by atoms with van der Waals surface area (Å²) in [5, 5.41) is 17.0. The largest absolute Gasteiger partial charge is 0.481 e. The summed E-state index contributed by atoms with van der Waals surface area (Å²) in [6.07, 6.45) is 12.9. The van der Waals surface area contributed by atoms with Crippen molar-refractivity contribution >= 4 is 5.97 Å². The van der Waals surface area contributed by atoms with Crippen LogP contribution in [0.2, 0.25) is 0 Å². The second-order valence-corrected chi connectivity index (χ2v) is 4.04. The van der Waals surface area contributed by atoms with Crippen molar-refractivity contribution in [2.24, 2.45) is 0 Å². The molecule has 3 heteroatoms. The van der Waals surface area contributed by atoms with Crippen LogP contribution in [0.1, 0.15) is 57.8 Å². The van der Waals surface area contributed by atoms with Crippen molar-refractivity contribution in [2.45, 2.75) is 57.8 Å². The van der Waals surface area contributed by atoms with Crippen LogP contribution in [-0.4, -0.2) is 22.8 Å². The van der Waals surface area contributed by atoms with E-state index in [2.05, 4.69) is 6.08 Å². The monoisotopic (exact) mass is 228 g/mol. The molecule has 94 valence electrons. The maximum absolute atomic E-state index is 10.2. The van der Waals surface area contributed by atoms with Gasteiger partial charge in [0.25, 0.3) is 0 Å². The van der Waals surface area contributed by atoms with E-state index in [-0.39, 0.29) is 6.61 Å². The minimum atomic E-state index is -0.686. The summed E-state index contributed by atoms with van der Waals surface area (Å²) in [5.41, 5.74) is 0. The summed E-state index contributed by atoms with van der Waals surface area (Å²) >= 11 is 0. The predicted octanol–water partition coefficient (Wildman–Crippen LogP) is 3.13. The minimum absolute atomic E-state index is 0.236. The molecule has 0 saturated heterocycles. The molecule has 0 fully saturated rings. The number of unbranched alkanes of at least 4 members (excludes halogenated alkanes) is 6. The molecule has 0 aromatic heterocycles. The summed E-state index contributed by atoms with van der Waals surface area (Å²) < 4.78 is 0. The van der Waals surface area contributed by atoms with Gasteiger partial charge in [0.2, 0.25) is 0 Å². The Morgan fingerprint density at radius 3 is 2.06 bits per heavy atom. The molecule has 3 nitrogen and oxygen atoms in total. The Morgan fingerprint density at radius 1 is 0.875 bits per heavy atom. The van der Waals surface area contributed by atoms with Crippen LogP contribution in [0, 0.1) is 0 Å². The van der Waals surface area contributed by atoms with E-state index in [1.54, 1.807) is 0 Å². The van der Waals surface area contributed by atoms with Crippen molar-refractivity contribution in [3.63, 3.8) is 0 Å². The molecule has 0 aliphatic carbocycles. The Labute approximate surface area is 98.2 Å². The highest BCUT2D eigenvalue weighted by molar-refractivity contribution is 5.66. The first-order valence-electron chi connectivity index (χ1n) is 6.25. The number of carboxylic acids is 1. The zero-order valence-corrected chi connectivity index (χ0v) is 10.0. The highest BCUT2D eigenvalue weighted by atomic mass is 16.4. The van der Waals surface area contributed by atoms with Gasteiger partial charge >= 0.3 is 5.97 Å². The molecule has 0 aliphatic heterocycles. The van der Waals surface area contributed by atoms with Gasteiger partial charge in [0, 0.05) is 13.0 Å². The van der Waals surface area contributed by atoms with Gasteiger partial charge in [-0.05, 0) is 25.7 Å². The van der Waals surface area contributed by atoms with Crippen molar-refractivity contribution < 1.29 is 15.0 Å². The lowest BCUT2D eigenvalue weighted by Gasteiger charge is -1.99. The first kappa shape index (κ1) is 15.2. The van der Waals surface area contributed by atoms with Crippen molar-refractivity contribution in [3.05, 3.63) is 12.2 Å². The quantitative estimate of drug-likeness (QED) is 0.422. The molecule has 16 heavy (non-hydrogen) atoms. The third-order valence-corrected chi connectivity index (χ3v) is 2.47. The van der Waals surface area contributed by atoms with Gasteiger partial charge in [-0.1, -0.05) is 37.8 Å². The molecule has 0 aliphatic rings. The van der Waals surface area contributed by atoms with E-state index in [0.29, 0.717) is 6.42 Å². The van der Waals surface area contributed by atoms with Crippen molar-refractivity contribution in [1.29, 1.82) is 0 Å². The zero-order chi connectivity index (χ0) is 12.1. The van der Waals surface area contributed by atoms with E-state index >= 15 is 0 Å². The van der Waals surface area contributed by atoms with Crippen LogP contribution in [0.15, 0.2) is 12.2 Å². The number of aliphatic hydroxyl groups is 1. The van der Waals surface area contributed by atoms with Gasteiger partial charge in [0.15, 0.2) is 0 Å². The SMILES string of the molecule is O=C(O)CCCCCCCCC=CCCO. The third kappa shape index (κ3) is 13.2. The van der Waals surface area contributed by atoms with Gasteiger partial charge < -0.3 is 10.2 Å². The highest BCUT2D eigenvalue weighted by Crippen LogP contribution is 2.08. The number of hydrogen-bond donors (Lipinski definition) is 2. The van der Waals surface area contributed by atoms with E-state index in [9.17, 15) is 4.79 Å². The Bertz CT molecular complexity index is 188. The Morgan fingerprint density at radius 2 is 1.44 bits per heavy atom. The number of aliphatic carboxylic acids is 1. The molecule has 2 N–H and O–H groups in total. The number of aliphatic hydroxyl groups excluding tert-OH is 1. The average molecular weight is 228 g/mol. The van der Waals surface area contributed by atoms with Gasteiger partial charge in [-0.3, -0.25) is 4.79 Å². The second kappa shape index (κ2) is 12.2. The van der Waals surface area contributed by atoms with Crippen LogP contribution in [0.3, 0.4) is 0 Å². The molecule has 0 amide bonds. The lowest BCUT2D eigenvalue weighted by molar-refractivity contribution is -0.137. The molecule has 0 rings (SSSR count). The Balaban J connectivity index is 3.01. The van der Waals surface area contributed by atoms with E-state index in [0.717, 1.165) is 32.1 Å². The Kier molecular flexibility index (Phi) is 11.6. The van der Waals surface area contributed by atoms with Crippen LogP contribution in [-0.2, 0) is 4.79 Å². The molecule has 0 aromatic rings. The molecular weight excluding hydrogens is 204 g/mol. The van der Waals surface area contributed by atoms with Gasteiger partial charge in [-0.15, -0.1) is 0 Å². The van der Waals surface area contributed by atoms with Gasteiger partial charge in [0.05, 0.1) is 0 Å². The van der Waals surface area contributed by atoms with E-state index in [1.165, 1.54) is 19.3 Å². The minimum Gasteiger partial charge on any atom is -0.481 e. The number of rotatable bonds is 11. The fourth-order valence-corrected chi connectivity index (χ4v) is 1.56. The lowest BCUT2D eigenvalue weighted by atomic mass is 10.1. The fourth-order valence-electron chi connectivity index (χ4n) is 1.56. The fraction of sp³-hybridized carbons (Fsp3) is 0.769. The lowest BCUT2D eigenvalue weighted by Crippen LogP contribution is -1.93. The maximum Gasteiger partial charge on any atom is 0.303 e. The number of carboxylic acid groups (broad SMARTS) is 1. The van der Waals surface area contributed by atoms with Gasteiger partial charge in [0.1, 0.15) is 0 Å². The second-order valence-electron chi connectivity index (χ2n) is 4.04. The molecule has 0 saturated carbocycles. The van der Waals surface area contributed by atoms with E-state index in [1.807, 2.05) is 6.08 Å². The van der Waals surface area contributed by atoms with Crippen LogP contribution in [0.25, 0.3) is 0 Å². The Hall–Kier alpha value is -0.830. The molecular formula is C13H24O3. The zero-order valence-electron chi connectivity index (χ0n) is 10.0. The normalized spacial score (nSPS) is 11.1. The summed E-state index contributed by atoms with van der Waals surface area (Å²) in [4.78, 5) is 10.2. The van der Waals surface area contributed by atoms with Gasteiger partial charge in [-0.2, -0.15) is 0 Å². The standard InChI is InChI=1S/C13H24O3/c14-12-10-8-6-4-2-1-3-5-7-9-11-13(15)16/h6,8,14H,1-5,7,9-12H2,(H,15,16). The molecule has 0 bridgehead atoms. The maximum atomic E-state index is 10.2. The van der Waals surface area contributed by atoms with Crippen LogP contribution in [0.5, 0.6) is 0 Å². The van der Waals surface area contributed by atoms with E-state index in [4.69, 9.17) is 10.2 Å². The molecule has 0 radical (unpaired) electrons. The number of hydrogen-bond acceptors (Lipinski definition) is 2. The van der Waals surface area contributed by atoms with Crippen LogP contribution >= 0.6 is 0 Å². The topological polar surface area (TPSA) is 57.5 Å². The summed E-state index contributed by atoms with van der Waals surface area (Å²) in [5.74, 6) is -0.686. The first-order valence-corrected chi connectivity index (χ1v) is 6.25. The number of carbonyl (C=O) groups is 1. The average Bonchev–Trinajstić information content (AvgIpc) is 2.25. The third-order valence-electron chi connectivity index (χ3n) is 2.47. The highest BCUT2D eigenvalue weighted by Gasteiger charge is 1.95. The number of allylic oxidation sites excluding steroid dienone is 1. The van der Waals surface area contributed by atoms with Crippen LogP contribution in [0.4, 0.5) is 0 Å². The molecule has 0 spiro atoms. The summed E-state index contributed by atoms with van der Waals surface area (Å²) in [7, 11) is 0. The molecule has 0 aromatic carbocycles. The van der Waals surface area contributed by atoms with Crippen molar-refractivity contribution in [3.8, 4) is 0 Å². The van der Waals surface area contributed by atoms with Crippen molar-refractivity contribution in [1.82, 2.24) is 0 Å².